The summed E-state index contributed by atoms with van der Waals surface area (Å²) in [5.41, 5.74) is 0.984. The van der Waals surface area contributed by atoms with Gasteiger partial charge < -0.3 is 9.47 Å². The largest absolute Gasteiger partial charge is 0.494 e. The summed E-state index contributed by atoms with van der Waals surface area (Å²) in [6, 6.07) is 2.47. The van der Waals surface area contributed by atoms with Crippen molar-refractivity contribution in [3.8, 4) is 5.75 Å². The number of methoxy groups -OCH3 is 1. The van der Waals surface area contributed by atoms with Gasteiger partial charge in [-0.1, -0.05) is 0 Å². The van der Waals surface area contributed by atoms with Gasteiger partial charge in [0.1, 0.15) is 11.3 Å². The molecule has 1 heterocycles. The number of hydrogen-bond donors (Lipinski definition) is 0. The van der Waals surface area contributed by atoms with E-state index in [4.69, 9.17) is 14.6 Å². The molecule has 0 atom stereocenters. The third-order valence-corrected chi connectivity index (χ3v) is 6.17. The molecule has 0 N–H and O–H groups in total. The Morgan fingerprint density at radius 2 is 2.12 bits per heavy atom. The van der Waals surface area contributed by atoms with Gasteiger partial charge in [-0.05, 0) is 76.2 Å². The van der Waals surface area contributed by atoms with Crippen molar-refractivity contribution in [1.29, 1.82) is 0 Å². The normalized spacial score (nSPS) is 21.0. The molecular weight excluding hydrogens is 487 g/mol. The van der Waals surface area contributed by atoms with Gasteiger partial charge in [-0.2, -0.15) is 5.10 Å². The predicted octanol–water partition coefficient (Wildman–Crippen LogP) is 4.71. The van der Waals surface area contributed by atoms with Crippen LogP contribution >= 0.6 is 38.5 Å². The van der Waals surface area contributed by atoms with Gasteiger partial charge in [0.05, 0.1) is 27.8 Å². The summed E-state index contributed by atoms with van der Waals surface area (Å²) >= 11 is 5.85. The first-order valence-corrected chi connectivity index (χ1v) is 9.91. The zero-order valence-electron chi connectivity index (χ0n) is 13.7. The molecule has 5 nitrogen and oxygen atoms in total. The second-order valence-corrected chi connectivity index (χ2v) is 8.16. The van der Waals surface area contributed by atoms with E-state index in [9.17, 15) is 4.79 Å². The minimum absolute atomic E-state index is 0.190. The molecule has 1 aromatic heterocycles. The molecule has 0 aliphatic heterocycles. The van der Waals surface area contributed by atoms with Crippen LogP contribution in [0.1, 0.15) is 38.6 Å². The SMILES string of the molecule is COc1c(Br)cc2cn(C3CCC(COC(C)=O)CC3)nc2c1I. The Hall–Kier alpha value is -0.830. The van der Waals surface area contributed by atoms with Crippen molar-refractivity contribution in [2.24, 2.45) is 5.92 Å². The second kappa shape index (κ2) is 7.59. The van der Waals surface area contributed by atoms with Crippen LogP contribution in [0.2, 0.25) is 0 Å². The Kier molecular flexibility index (Phi) is 5.69. The van der Waals surface area contributed by atoms with Gasteiger partial charge in [-0.15, -0.1) is 0 Å². The van der Waals surface area contributed by atoms with Crippen LogP contribution in [0, 0.1) is 9.49 Å². The summed E-state index contributed by atoms with van der Waals surface area (Å²) in [7, 11) is 1.68. The van der Waals surface area contributed by atoms with Crippen LogP contribution in [-0.4, -0.2) is 29.5 Å². The van der Waals surface area contributed by atoms with Crippen LogP contribution in [0.25, 0.3) is 10.9 Å². The smallest absolute Gasteiger partial charge is 0.302 e. The van der Waals surface area contributed by atoms with Crippen molar-refractivity contribution in [1.82, 2.24) is 9.78 Å². The van der Waals surface area contributed by atoms with E-state index >= 15 is 0 Å². The number of fused-ring (bicyclic) bond motifs is 1. The number of hydrogen-bond acceptors (Lipinski definition) is 4. The van der Waals surface area contributed by atoms with Crippen LogP contribution in [0.3, 0.4) is 0 Å². The van der Waals surface area contributed by atoms with Gasteiger partial charge >= 0.3 is 5.97 Å². The van der Waals surface area contributed by atoms with Crippen LogP contribution in [0.4, 0.5) is 0 Å². The van der Waals surface area contributed by atoms with Crippen molar-refractivity contribution in [3.63, 3.8) is 0 Å². The molecule has 0 saturated heterocycles. The standard InChI is InChI=1S/C17H20BrIN2O3/c1-10(22)24-9-11-3-5-13(6-4-11)21-8-12-7-14(18)17(23-2)15(19)16(12)20-21/h7-8,11,13H,3-6,9H2,1-2H3. The number of rotatable bonds is 4. The fourth-order valence-corrected chi connectivity index (χ4v) is 5.19. The molecule has 1 saturated carbocycles. The van der Waals surface area contributed by atoms with Crippen LogP contribution < -0.4 is 4.74 Å². The maximum atomic E-state index is 10.9. The number of nitrogens with zero attached hydrogens (tertiary/aromatic N) is 2. The van der Waals surface area contributed by atoms with E-state index in [1.165, 1.54) is 6.92 Å². The maximum Gasteiger partial charge on any atom is 0.302 e. The monoisotopic (exact) mass is 506 g/mol. The number of halogens is 2. The number of esters is 1. The van der Waals surface area contributed by atoms with Crippen molar-refractivity contribution in [3.05, 3.63) is 20.3 Å². The maximum absolute atomic E-state index is 10.9. The van der Waals surface area contributed by atoms with Crippen molar-refractivity contribution in [2.45, 2.75) is 38.6 Å². The molecule has 1 fully saturated rings. The summed E-state index contributed by atoms with van der Waals surface area (Å²) in [4.78, 5) is 10.9. The second-order valence-electron chi connectivity index (χ2n) is 6.23. The topological polar surface area (TPSA) is 53.4 Å². The summed E-state index contributed by atoms with van der Waals surface area (Å²) in [6.07, 6.45) is 6.39. The van der Waals surface area contributed by atoms with Gasteiger partial charge in [0.2, 0.25) is 0 Å². The molecule has 3 rings (SSSR count). The Morgan fingerprint density at radius 3 is 2.75 bits per heavy atom. The average molecular weight is 507 g/mol. The number of ether oxygens (including phenoxy) is 2. The fourth-order valence-electron chi connectivity index (χ4n) is 3.28. The van der Waals surface area contributed by atoms with E-state index in [1.54, 1.807) is 7.11 Å². The predicted molar refractivity (Wildman–Crippen MR) is 104 cm³/mol. The van der Waals surface area contributed by atoms with E-state index in [2.05, 4.69) is 55.5 Å². The molecule has 0 unspecified atom stereocenters. The van der Waals surface area contributed by atoms with E-state index < -0.39 is 0 Å². The van der Waals surface area contributed by atoms with Crippen molar-refractivity contribution in [2.75, 3.05) is 13.7 Å². The number of aromatic nitrogens is 2. The lowest BCUT2D eigenvalue weighted by atomic mass is 9.86. The van der Waals surface area contributed by atoms with E-state index in [1.807, 2.05) is 0 Å². The van der Waals surface area contributed by atoms with Gasteiger partial charge in [-0.3, -0.25) is 9.48 Å². The molecular formula is C17H20BrIN2O3. The molecule has 7 heteroatoms. The van der Waals surface area contributed by atoms with E-state index in [-0.39, 0.29) is 5.97 Å². The minimum Gasteiger partial charge on any atom is -0.494 e. The van der Waals surface area contributed by atoms with Gasteiger partial charge in [-0.25, -0.2) is 0 Å². The number of carbonyl (C=O) groups is 1. The highest BCUT2D eigenvalue weighted by Crippen LogP contribution is 2.38. The number of benzene rings is 1. The summed E-state index contributed by atoms with van der Waals surface area (Å²) in [5, 5.41) is 5.93. The third-order valence-electron chi connectivity index (χ3n) is 4.58. The summed E-state index contributed by atoms with van der Waals surface area (Å²) in [5.74, 6) is 1.12. The third kappa shape index (κ3) is 3.71. The Bertz CT molecular complexity index is 754. The lowest BCUT2D eigenvalue weighted by Crippen LogP contribution is -2.22. The summed E-state index contributed by atoms with van der Waals surface area (Å²) in [6.45, 7) is 2.01. The van der Waals surface area contributed by atoms with E-state index in [0.717, 1.165) is 50.4 Å². The first kappa shape index (κ1) is 18.0. The first-order chi connectivity index (χ1) is 11.5. The zero-order chi connectivity index (χ0) is 17.3. The highest BCUT2D eigenvalue weighted by atomic mass is 127. The molecule has 0 spiro atoms. The van der Waals surface area contributed by atoms with Crippen molar-refractivity contribution >= 4 is 55.4 Å². The molecule has 1 aliphatic rings. The van der Waals surface area contributed by atoms with E-state index in [0.29, 0.717) is 18.6 Å². The molecule has 0 bridgehead atoms. The Labute approximate surface area is 163 Å². The Balaban J connectivity index is 1.74. The fraction of sp³-hybridized carbons (Fsp3) is 0.529. The lowest BCUT2D eigenvalue weighted by molar-refractivity contribution is -0.142. The molecule has 130 valence electrons. The van der Waals surface area contributed by atoms with Gasteiger partial charge in [0.15, 0.2) is 0 Å². The average Bonchev–Trinajstić information content (AvgIpc) is 2.98. The quantitative estimate of drug-likeness (QED) is 0.445. The highest BCUT2D eigenvalue weighted by molar-refractivity contribution is 14.1. The van der Waals surface area contributed by atoms with Gasteiger partial charge in [0.25, 0.3) is 0 Å². The minimum atomic E-state index is -0.190. The molecule has 24 heavy (non-hydrogen) atoms. The molecule has 0 radical (unpaired) electrons. The van der Waals surface area contributed by atoms with Crippen LogP contribution in [0.5, 0.6) is 5.75 Å². The number of carbonyl (C=O) groups excluding carboxylic acids is 1. The van der Waals surface area contributed by atoms with Crippen LogP contribution in [0.15, 0.2) is 16.7 Å². The Morgan fingerprint density at radius 1 is 1.42 bits per heavy atom. The van der Waals surface area contributed by atoms with Crippen molar-refractivity contribution < 1.29 is 14.3 Å². The van der Waals surface area contributed by atoms with Crippen LogP contribution in [-0.2, 0) is 9.53 Å². The molecule has 2 aromatic rings. The lowest BCUT2D eigenvalue weighted by Gasteiger charge is -2.28. The first-order valence-electron chi connectivity index (χ1n) is 8.03. The molecule has 1 aromatic carbocycles. The highest BCUT2D eigenvalue weighted by Gasteiger charge is 2.24. The van der Waals surface area contributed by atoms with Gasteiger partial charge in [0, 0.05) is 18.5 Å². The molecule has 1 aliphatic carbocycles. The summed E-state index contributed by atoms with van der Waals surface area (Å²) < 4.78 is 14.7. The molecule has 0 amide bonds. The zero-order valence-corrected chi connectivity index (χ0v) is 17.5.